The minimum absolute atomic E-state index is 0.0816. The molecule has 0 bridgehead atoms. The minimum atomic E-state index is -1.06. The third-order valence-electron chi connectivity index (χ3n) is 4.97. The number of benzene rings is 1. The number of carboxylic acids is 1. The van der Waals surface area contributed by atoms with Crippen LogP contribution in [0.25, 0.3) is 11.3 Å². The molecule has 0 amide bonds. The summed E-state index contributed by atoms with van der Waals surface area (Å²) in [7, 11) is 0. The standard InChI is InChI=1S/C21H17BrF2N4O3/c22-15-8-16(23)17(24)9-19(15)31-14-3-5-28(6-4-14)20-2-1-18(26-27-20)12-7-13(21(29)30)11-25-10-12/h1-2,7-11,14H,3-6H2,(H,29,30). The summed E-state index contributed by atoms with van der Waals surface area (Å²) in [5, 5.41) is 17.6. The number of rotatable bonds is 5. The molecule has 1 fully saturated rings. The number of piperidine rings is 1. The van der Waals surface area contributed by atoms with Crippen LogP contribution in [0, 0.1) is 11.6 Å². The Hall–Kier alpha value is -3.14. The molecule has 0 unspecified atom stereocenters. The lowest BCUT2D eigenvalue weighted by Crippen LogP contribution is -2.38. The number of anilines is 1. The van der Waals surface area contributed by atoms with Crippen LogP contribution in [0.1, 0.15) is 23.2 Å². The average Bonchev–Trinajstić information content (AvgIpc) is 2.78. The van der Waals surface area contributed by atoms with Crippen molar-refractivity contribution in [2.45, 2.75) is 18.9 Å². The highest BCUT2D eigenvalue weighted by Crippen LogP contribution is 2.30. The van der Waals surface area contributed by atoms with E-state index in [-0.39, 0.29) is 17.4 Å². The van der Waals surface area contributed by atoms with Crippen LogP contribution in [0.15, 0.2) is 47.2 Å². The predicted molar refractivity (Wildman–Crippen MR) is 112 cm³/mol. The minimum Gasteiger partial charge on any atom is -0.489 e. The van der Waals surface area contributed by atoms with Gasteiger partial charge in [-0.3, -0.25) is 4.98 Å². The van der Waals surface area contributed by atoms with E-state index >= 15 is 0 Å². The van der Waals surface area contributed by atoms with E-state index in [9.17, 15) is 13.6 Å². The molecular weight excluding hydrogens is 474 g/mol. The maximum absolute atomic E-state index is 13.5. The maximum atomic E-state index is 13.5. The molecule has 3 aromatic rings. The molecule has 0 radical (unpaired) electrons. The summed E-state index contributed by atoms with van der Waals surface area (Å²) in [5.41, 5.74) is 1.18. The summed E-state index contributed by atoms with van der Waals surface area (Å²) in [6.45, 7) is 1.33. The maximum Gasteiger partial charge on any atom is 0.337 e. The van der Waals surface area contributed by atoms with Crippen LogP contribution in [0.5, 0.6) is 5.75 Å². The highest BCUT2D eigenvalue weighted by molar-refractivity contribution is 9.10. The number of ether oxygens (including phenoxy) is 1. The molecule has 7 nitrogen and oxygen atoms in total. The SMILES string of the molecule is O=C(O)c1cncc(-c2ccc(N3CCC(Oc4cc(F)c(F)cc4Br)CC3)nn2)c1. The number of halogens is 3. The summed E-state index contributed by atoms with van der Waals surface area (Å²) >= 11 is 3.20. The number of hydrogen-bond donors (Lipinski definition) is 1. The van der Waals surface area contributed by atoms with Crippen molar-refractivity contribution in [1.29, 1.82) is 0 Å². The van der Waals surface area contributed by atoms with E-state index in [1.54, 1.807) is 6.07 Å². The Balaban J connectivity index is 1.39. The van der Waals surface area contributed by atoms with Gasteiger partial charge in [0.05, 0.1) is 15.7 Å². The molecule has 0 aliphatic carbocycles. The number of carboxylic acid groups (broad SMARTS) is 1. The topological polar surface area (TPSA) is 88.4 Å². The van der Waals surface area contributed by atoms with Crippen molar-refractivity contribution in [3.05, 3.63) is 64.4 Å². The van der Waals surface area contributed by atoms with E-state index in [1.165, 1.54) is 18.5 Å². The van der Waals surface area contributed by atoms with Gasteiger partial charge in [0.1, 0.15) is 11.9 Å². The fourth-order valence-corrected chi connectivity index (χ4v) is 3.73. The Labute approximate surface area is 184 Å². The second-order valence-corrected chi connectivity index (χ2v) is 7.90. The van der Waals surface area contributed by atoms with E-state index < -0.39 is 17.6 Å². The molecule has 0 saturated carbocycles. The highest BCUT2D eigenvalue weighted by atomic mass is 79.9. The van der Waals surface area contributed by atoms with Gasteiger partial charge in [-0.15, -0.1) is 10.2 Å². The molecule has 2 aromatic heterocycles. The summed E-state index contributed by atoms with van der Waals surface area (Å²) in [6.07, 6.45) is 4.04. The molecule has 10 heteroatoms. The Morgan fingerprint density at radius 1 is 1.10 bits per heavy atom. The number of pyridine rings is 1. The number of nitrogens with zero attached hydrogens (tertiary/aromatic N) is 4. The molecule has 0 atom stereocenters. The molecule has 4 rings (SSSR count). The van der Waals surface area contributed by atoms with Crippen molar-refractivity contribution >= 4 is 27.7 Å². The first kappa shape index (κ1) is 21.1. The molecule has 0 spiro atoms. The molecular formula is C21H17BrF2N4O3. The van der Waals surface area contributed by atoms with Crippen LogP contribution in [0.4, 0.5) is 14.6 Å². The van der Waals surface area contributed by atoms with Crippen LogP contribution >= 0.6 is 15.9 Å². The molecule has 1 aromatic carbocycles. The second-order valence-electron chi connectivity index (χ2n) is 7.05. The van der Waals surface area contributed by atoms with Gasteiger partial charge in [-0.2, -0.15) is 0 Å². The second kappa shape index (κ2) is 8.93. The van der Waals surface area contributed by atoms with Gasteiger partial charge in [-0.05, 0) is 40.2 Å². The van der Waals surface area contributed by atoms with Crippen LogP contribution < -0.4 is 9.64 Å². The monoisotopic (exact) mass is 490 g/mol. The molecule has 1 aliphatic heterocycles. The van der Waals surface area contributed by atoms with Crippen molar-refractivity contribution in [3.8, 4) is 17.0 Å². The third kappa shape index (κ3) is 4.79. The number of carbonyl (C=O) groups is 1. The van der Waals surface area contributed by atoms with Gasteiger partial charge in [-0.25, -0.2) is 13.6 Å². The Morgan fingerprint density at radius 3 is 2.52 bits per heavy atom. The predicted octanol–water partition coefficient (Wildman–Crippen LogP) is 4.33. The van der Waals surface area contributed by atoms with Gasteiger partial charge in [-0.1, -0.05) is 0 Å². The quantitative estimate of drug-likeness (QED) is 0.532. The molecule has 3 heterocycles. The van der Waals surface area contributed by atoms with Crippen LogP contribution in [0.3, 0.4) is 0 Å². The van der Waals surface area contributed by atoms with Gasteiger partial charge in [0.2, 0.25) is 0 Å². The molecule has 31 heavy (non-hydrogen) atoms. The van der Waals surface area contributed by atoms with Crippen molar-refractivity contribution in [1.82, 2.24) is 15.2 Å². The van der Waals surface area contributed by atoms with E-state index in [4.69, 9.17) is 9.84 Å². The largest absolute Gasteiger partial charge is 0.489 e. The summed E-state index contributed by atoms with van der Waals surface area (Å²) in [5.74, 6) is -1.96. The smallest absolute Gasteiger partial charge is 0.337 e. The Morgan fingerprint density at radius 2 is 1.84 bits per heavy atom. The van der Waals surface area contributed by atoms with Crippen LogP contribution in [-0.4, -0.2) is 45.5 Å². The summed E-state index contributed by atoms with van der Waals surface area (Å²) < 4.78 is 33.0. The van der Waals surface area contributed by atoms with Crippen molar-refractivity contribution in [2.75, 3.05) is 18.0 Å². The molecule has 1 N–H and O–H groups in total. The fourth-order valence-electron chi connectivity index (χ4n) is 3.32. The first-order valence-electron chi connectivity index (χ1n) is 9.49. The van der Waals surface area contributed by atoms with Gasteiger partial charge in [0.25, 0.3) is 0 Å². The molecule has 1 aliphatic rings. The van der Waals surface area contributed by atoms with Crippen molar-refractivity contribution in [2.24, 2.45) is 0 Å². The Kier molecular flexibility index (Phi) is 6.08. The van der Waals surface area contributed by atoms with E-state index in [0.29, 0.717) is 47.5 Å². The zero-order chi connectivity index (χ0) is 22.0. The molecule has 160 valence electrons. The number of aromatic carboxylic acids is 1. The van der Waals surface area contributed by atoms with Gasteiger partial charge in [0, 0.05) is 50.0 Å². The van der Waals surface area contributed by atoms with E-state index in [0.717, 1.165) is 12.1 Å². The van der Waals surface area contributed by atoms with Crippen molar-refractivity contribution < 1.29 is 23.4 Å². The third-order valence-corrected chi connectivity index (χ3v) is 5.59. The fraction of sp³-hybridized carbons (Fsp3) is 0.238. The van der Waals surface area contributed by atoms with E-state index in [2.05, 4.69) is 36.0 Å². The highest BCUT2D eigenvalue weighted by Gasteiger charge is 2.23. The lowest BCUT2D eigenvalue weighted by Gasteiger charge is -2.32. The Bertz CT molecular complexity index is 1110. The lowest BCUT2D eigenvalue weighted by atomic mass is 10.1. The van der Waals surface area contributed by atoms with Crippen LogP contribution in [-0.2, 0) is 0 Å². The normalized spacial score (nSPS) is 14.5. The average molecular weight is 491 g/mol. The zero-order valence-electron chi connectivity index (χ0n) is 16.1. The van der Waals surface area contributed by atoms with Crippen LogP contribution in [0.2, 0.25) is 0 Å². The zero-order valence-corrected chi connectivity index (χ0v) is 17.7. The number of hydrogen-bond acceptors (Lipinski definition) is 6. The molecule has 1 saturated heterocycles. The van der Waals surface area contributed by atoms with Gasteiger partial charge < -0.3 is 14.7 Å². The van der Waals surface area contributed by atoms with E-state index in [1.807, 2.05) is 6.07 Å². The van der Waals surface area contributed by atoms with Crippen molar-refractivity contribution in [3.63, 3.8) is 0 Å². The summed E-state index contributed by atoms with van der Waals surface area (Å²) in [4.78, 5) is 17.1. The first-order chi connectivity index (χ1) is 14.9. The summed E-state index contributed by atoms with van der Waals surface area (Å²) in [6, 6.07) is 7.19. The lowest BCUT2D eigenvalue weighted by molar-refractivity contribution is 0.0696. The number of aromatic nitrogens is 3. The van der Waals surface area contributed by atoms with Gasteiger partial charge >= 0.3 is 5.97 Å². The van der Waals surface area contributed by atoms with Gasteiger partial charge in [0.15, 0.2) is 17.5 Å². The first-order valence-corrected chi connectivity index (χ1v) is 10.3.